The molecular weight excluding hydrogens is 432 g/mol. The molecule has 1 saturated heterocycles. The Morgan fingerprint density at radius 2 is 1.67 bits per heavy atom. The largest absolute Gasteiger partial charge is 0.492 e. The fourth-order valence-corrected chi connectivity index (χ4v) is 4.02. The predicted octanol–water partition coefficient (Wildman–Crippen LogP) is 5.42. The summed E-state index contributed by atoms with van der Waals surface area (Å²) in [4.78, 5) is 6.81. The first-order chi connectivity index (χ1) is 16.0. The van der Waals surface area contributed by atoms with Gasteiger partial charge in [-0.15, -0.1) is 0 Å². The van der Waals surface area contributed by atoms with Crippen LogP contribution in [0.25, 0.3) is 11.1 Å². The Bertz CT molecular complexity index is 1090. The molecular formula is C28H29ClN2O2. The first kappa shape index (κ1) is 23.3. The summed E-state index contributed by atoms with van der Waals surface area (Å²) < 4.78 is 5.89. The zero-order valence-electron chi connectivity index (χ0n) is 18.9. The van der Waals surface area contributed by atoms with E-state index in [2.05, 4.69) is 28.6 Å². The molecule has 4 rings (SSSR count). The summed E-state index contributed by atoms with van der Waals surface area (Å²) in [6.07, 6.45) is 4.35. The normalized spacial score (nSPS) is 15.5. The predicted molar refractivity (Wildman–Crippen MR) is 134 cm³/mol. The summed E-state index contributed by atoms with van der Waals surface area (Å²) >= 11 is 5.95. The Hall–Kier alpha value is -2.84. The maximum absolute atomic E-state index is 10.3. The van der Waals surface area contributed by atoms with E-state index in [1.807, 2.05) is 66.9 Å². The fourth-order valence-electron chi connectivity index (χ4n) is 3.89. The van der Waals surface area contributed by atoms with Crippen LogP contribution in [0.3, 0.4) is 0 Å². The number of halogens is 1. The molecule has 5 heteroatoms. The quantitative estimate of drug-likeness (QED) is 0.499. The second kappa shape index (κ2) is 10.9. The van der Waals surface area contributed by atoms with Crippen LogP contribution < -0.4 is 4.74 Å². The molecule has 3 aromatic rings. The molecule has 4 nitrogen and oxygen atoms in total. The summed E-state index contributed by atoms with van der Waals surface area (Å²) in [6.45, 7) is 5.42. The molecule has 2 aromatic carbocycles. The van der Waals surface area contributed by atoms with Crippen LogP contribution in [0.2, 0.25) is 5.02 Å². The average Bonchev–Trinajstić information content (AvgIpc) is 2.86. The second-order valence-electron chi connectivity index (χ2n) is 8.48. The highest BCUT2D eigenvalue weighted by Crippen LogP contribution is 2.25. The van der Waals surface area contributed by atoms with E-state index in [0.29, 0.717) is 6.61 Å². The zero-order valence-corrected chi connectivity index (χ0v) is 19.7. The smallest absolute Gasteiger partial charge is 0.119 e. The maximum Gasteiger partial charge on any atom is 0.119 e. The molecule has 0 saturated carbocycles. The molecule has 1 aliphatic heterocycles. The van der Waals surface area contributed by atoms with Gasteiger partial charge in [-0.2, -0.15) is 0 Å². The lowest BCUT2D eigenvalue weighted by Crippen LogP contribution is -2.45. The van der Waals surface area contributed by atoms with E-state index < -0.39 is 5.60 Å². The molecule has 2 heterocycles. The molecule has 0 aliphatic carbocycles. The molecule has 1 aromatic heterocycles. The molecule has 0 atom stereocenters. The minimum absolute atomic E-state index is 0.470. The van der Waals surface area contributed by atoms with Gasteiger partial charge >= 0.3 is 0 Å². The Kier molecular flexibility index (Phi) is 7.67. The van der Waals surface area contributed by atoms with Crippen LogP contribution in [-0.4, -0.2) is 46.8 Å². The van der Waals surface area contributed by atoms with E-state index in [4.69, 9.17) is 16.3 Å². The summed E-state index contributed by atoms with van der Waals surface area (Å²) in [5.41, 5.74) is 3.28. The van der Waals surface area contributed by atoms with Gasteiger partial charge in [0.05, 0.1) is 5.60 Å². The van der Waals surface area contributed by atoms with E-state index in [9.17, 15) is 5.11 Å². The lowest BCUT2D eigenvalue weighted by molar-refractivity contribution is -0.0257. The number of aliphatic hydroxyl groups is 1. The molecule has 33 heavy (non-hydrogen) atoms. The van der Waals surface area contributed by atoms with Gasteiger partial charge in [-0.05, 0) is 73.2 Å². The first-order valence-corrected chi connectivity index (χ1v) is 11.8. The number of rotatable bonds is 6. The van der Waals surface area contributed by atoms with Gasteiger partial charge in [-0.1, -0.05) is 42.6 Å². The van der Waals surface area contributed by atoms with E-state index >= 15 is 0 Å². The molecule has 170 valence electrons. The van der Waals surface area contributed by atoms with Crippen LogP contribution in [-0.2, 0) is 0 Å². The third-order valence-electron chi connectivity index (χ3n) is 6.25. The maximum atomic E-state index is 10.3. The fraction of sp³-hybridized carbons (Fsp3) is 0.321. The summed E-state index contributed by atoms with van der Waals surface area (Å²) in [5, 5.41) is 11.1. The van der Waals surface area contributed by atoms with Crippen LogP contribution in [0.15, 0.2) is 66.9 Å². The van der Waals surface area contributed by atoms with Crippen molar-refractivity contribution in [2.75, 3.05) is 26.2 Å². The van der Waals surface area contributed by atoms with Crippen molar-refractivity contribution in [3.8, 4) is 28.7 Å². The Morgan fingerprint density at radius 3 is 2.30 bits per heavy atom. The molecule has 1 aliphatic rings. The van der Waals surface area contributed by atoms with Crippen molar-refractivity contribution < 1.29 is 9.84 Å². The summed E-state index contributed by atoms with van der Waals surface area (Å²) in [5.74, 6) is 7.11. The number of aromatic nitrogens is 1. The van der Waals surface area contributed by atoms with Crippen LogP contribution in [0, 0.1) is 11.8 Å². The van der Waals surface area contributed by atoms with Gasteiger partial charge in [-0.3, -0.25) is 4.90 Å². The molecule has 0 bridgehead atoms. The van der Waals surface area contributed by atoms with Crippen LogP contribution in [0.5, 0.6) is 5.75 Å². The van der Waals surface area contributed by atoms with Crippen molar-refractivity contribution in [3.63, 3.8) is 0 Å². The molecule has 0 unspecified atom stereocenters. The Balaban J connectivity index is 1.26. The summed E-state index contributed by atoms with van der Waals surface area (Å²) in [6, 6.07) is 19.5. The van der Waals surface area contributed by atoms with Crippen LogP contribution >= 0.6 is 11.6 Å². The third kappa shape index (κ3) is 6.58. The standard InChI is InChI=1S/C28H29ClN2O2/c1-2-28(32)15-17-31(18-16-28)19-20-33-27-13-4-22(5-14-27)3-11-26-12-8-24(21-30-26)23-6-9-25(29)10-7-23/h4-10,12-14,21,32H,2,15-20H2,1H3. The SMILES string of the molecule is CCC1(O)CCN(CCOc2ccc(C#Cc3ccc(-c4ccc(Cl)cc4)cn3)cc2)CC1. The van der Waals surface area contributed by atoms with Gasteiger partial charge in [0.2, 0.25) is 0 Å². The number of piperidine rings is 1. The van der Waals surface area contributed by atoms with E-state index in [1.54, 1.807) is 0 Å². The Morgan fingerprint density at radius 1 is 0.970 bits per heavy atom. The Labute approximate surface area is 201 Å². The highest BCUT2D eigenvalue weighted by molar-refractivity contribution is 6.30. The number of hydrogen-bond acceptors (Lipinski definition) is 4. The third-order valence-corrected chi connectivity index (χ3v) is 6.50. The van der Waals surface area contributed by atoms with E-state index in [0.717, 1.165) is 72.1 Å². The van der Waals surface area contributed by atoms with Crippen molar-refractivity contribution in [1.29, 1.82) is 0 Å². The minimum Gasteiger partial charge on any atom is -0.492 e. The van der Waals surface area contributed by atoms with Crippen molar-refractivity contribution in [1.82, 2.24) is 9.88 Å². The number of likely N-dealkylation sites (tertiary alicyclic amines) is 1. The lowest BCUT2D eigenvalue weighted by Gasteiger charge is -2.37. The molecule has 0 spiro atoms. The van der Waals surface area contributed by atoms with Gasteiger partial charge in [0.15, 0.2) is 0 Å². The molecule has 1 N–H and O–H groups in total. The number of ether oxygens (including phenoxy) is 1. The van der Waals surface area contributed by atoms with E-state index in [1.165, 1.54) is 0 Å². The zero-order chi connectivity index (χ0) is 23.1. The van der Waals surface area contributed by atoms with Gasteiger partial charge in [0.25, 0.3) is 0 Å². The highest BCUT2D eigenvalue weighted by Gasteiger charge is 2.29. The lowest BCUT2D eigenvalue weighted by atomic mass is 9.89. The minimum atomic E-state index is -0.470. The number of hydrogen-bond donors (Lipinski definition) is 1. The van der Waals surface area contributed by atoms with Crippen LogP contribution in [0.4, 0.5) is 0 Å². The van der Waals surface area contributed by atoms with Crippen molar-refractivity contribution >= 4 is 11.6 Å². The first-order valence-electron chi connectivity index (χ1n) is 11.4. The van der Waals surface area contributed by atoms with Crippen LogP contribution in [0.1, 0.15) is 37.4 Å². The monoisotopic (exact) mass is 460 g/mol. The highest BCUT2D eigenvalue weighted by atomic mass is 35.5. The summed E-state index contributed by atoms with van der Waals surface area (Å²) in [7, 11) is 0. The molecule has 1 fully saturated rings. The van der Waals surface area contributed by atoms with Crippen molar-refractivity contribution in [2.45, 2.75) is 31.8 Å². The van der Waals surface area contributed by atoms with E-state index in [-0.39, 0.29) is 0 Å². The topological polar surface area (TPSA) is 45.6 Å². The molecule has 0 amide bonds. The number of benzene rings is 2. The average molecular weight is 461 g/mol. The van der Waals surface area contributed by atoms with Gasteiger partial charge in [0, 0.05) is 42.0 Å². The second-order valence-corrected chi connectivity index (χ2v) is 8.92. The van der Waals surface area contributed by atoms with Crippen molar-refractivity contribution in [2.24, 2.45) is 0 Å². The van der Waals surface area contributed by atoms with Gasteiger partial charge in [0.1, 0.15) is 18.1 Å². The van der Waals surface area contributed by atoms with Crippen molar-refractivity contribution in [3.05, 3.63) is 83.1 Å². The van der Waals surface area contributed by atoms with Gasteiger partial charge < -0.3 is 9.84 Å². The molecule has 0 radical (unpaired) electrons. The number of nitrogens with zero attached hydrogens (tertiary/aromatic N) is 2. The number of pyridine rings is 1. The van der Waals surface area contributed by atoms with Gasteiger partial charge in [-0.25, -0.2) is 4.98 Å².